The molecule has 0 aliphatic carbocycles. The Morgan fingerprint density at radius 1 is 1.46 bits per heavy atom. The molecule has 0 saturated carbocycles. The molecule has 3 heteroatoms. The van der Waals surface area contributed by atoms with Crippen molar-refractivity contribution in [2.24, 2.45) is 0 Å². The standard InChI is InChI=1S/C10H14N2O/c11-8-4-3-7(6-10(8)13)9-2-1-5-12-9/h3-4,6,9,12-13H,1-2,5,11H2/t9-/m0/s1. The first-order valence-electron chi connectivity index (χ1n) is 4.59. The van der Waals surface area contributed by atoms with E-state index in [0.717, 1.165) is 18.5 Å². The van der Waals surface area contributed by atoms with Crippen LogP contribution in [0.1, 0.15) is 24.4 Å². The van der Waals surface area contributed by atoms with Crippen LogP contribution in [-0.2, 0) is 0 Å². The van der Waals surface area contributed by atoms with E-state index in [1.165, 1.54) is 6.42 Å². The molecule has 0 amide bonds. The third kappa shape index (κ3) is 1.60. The van der Waals surface area contributed by atoms with Gasteiger partial charge in [-0.3, -0.25) is 0 Å². The lowest BCUT2D eigenvalue weighted by atomic mass is 10.0. The fourth-order valence-electron chi connectivity index (χ4n) is 1.75. The molecule has 2 rings (SSSR count). The first-order valence-corrected chi connectivity index (χ1v) is 4.59. The molecule has 1 fully saturated rings. The van der Waals surface area contributed by atoms with E-state index in [1.807, 2.05) is 6.07 Å². The van der Waals surface area contributed by atoms with Gasteiger partial charge in [0.25, 0.3) is 0 Å². The summed E-state index contributed by atoms with van der Waals surface area (Å²) in [6.45, 7) is 1.07. The van der Waals surface area contributed by atoms with Crippen molar-refractivity contribution >= 4 is 5.69 Å². The molecule has 0 unspecified atom stereocenters. The highest BCUT2D eigenvalue weighted by Crippen LogP contribution is 2.28. The quantitative estimate of drug-likeness (QED) is 0.450. The van der Waals surface area contributed by atoms with Crippen molar-refractivity contribution in [3.63, 3.8) is 0 Å². The van der Waals surface area contributed by atoms with Gasteiger partial charge in [-0.1, -0.05) is 6.07 Å². The van der Waals surface area contributed by atoms with E-state index in [0.29, 0.717) is 11.7 Å². The summed E-state index contributed by atoms with van der Waals surface area (Å²) in [4.78, 5) is 0. The van der Waals surface area contributed by atoms with Gasteiger partial charge < -0.3 is 16.2 Å². The average Bonchev–Trinajstić information content (AvgIpc) is 2.62. The number of hydrogen-bond donors (Lipinski definition) is 3. The summed E-state index contributed by atoms with van der Waals surface area (Å²) in [5.74, 6) is 0.186. The number of nitrogen functional groups attached to an aromatic ring is 1. The average molecular weight is 178 g/mol. The fraction of sp³-hybridized carbons (Fsp3) is 0.400. The zero-order valence-electron chi connectivity index (χ0n) is 7.46. The molecule has 0 aromatic heterocycles. The molecule has 1 aromatic rings. The summed E-state index contributed by atoms with van der Waals surface area (Å²) in [6, 6.07) is 5.87. The maximum atomic E-state index is 9.41. The summed E-state index contributed by atoms with van der Waals surface area (Å²) in [6.07, 6.45) is 2.35. The van der Waals surface area contributed by atoms with Crippen LogP contribution in [0.25, 0.3) is 0 Å². The van der Waals surface area contributed by atoms with Crippen LogP contribution in [0.3, 0.4) is 0 Å². The Kier molecular flexibility index (Phi) is 2.10. The van der Waals surface area contributed by atoms with Crippen LogP contribution in [0.15, 0.2) is 18.2 Å². The molecule has 70 valence electrons. The van der Waals surface area contributed by atoms with Gasteiger partial charge in [0, 0.05) is 6.04 Å². The molecule has 0 bridgehead atoms. The van der Waals surface area contributed by atoms with E-state index in [-0.39, 0.29) is 5.75 Å². The van der Waals surface area contributed by atoms with Gasteiger partial charge in [-0.25, -0.2) is 0 Å². The van der Waals surface area contributed by atoms with Crippen LogP contribution in [0, 0.1) is 0 Å². The summed E-state index contributed by atoms with van der Waals surface area (Å²) < 4.78 is 0. The summed E-state index contributed by atoms with van der Waals surface area (Å²) >= 11 is 0. The topological polar surface area (TPSA) is 58.3 Å². The number of phenols is 1. The molecule has 13 heavy (non-hydrogen) atoms. The number of anilines is 1. The zero-order chi connectivity index (χ0) is 9.26. The van der Waals surface area contributed by atoms with Gasteiger partial charge in [0.15, 0.2) is 0 Å². The number of rotatable bonds is 1. The summed E-state index contributed by atoms with van der Waals surface area (Å²) in [7, 11) is 0. The van der Waals surface area contributed by atoms with E-state index in [9.17, 15) is 5.11 Å². The van der Waals surface area contributed by atoms with E-state index in [1.54, 1.807) is 12.1 Å². The fourth-order valence-corrected chi connectivity index (χ4v) is 1.75. The predicted octanol–water partition coefficient (Wildman–Crippen LogP) is 1.40. The molecule has 1 aliphatic heterocycles. The highest BCUT2D eigenvalue weighted by Gasteiger charge is 2.16. The van der Waals surface area contributed by atoms with Crippen LogP contribution in [0.5, 0.6) is 5.75 Å². The van der Waals surface area contributed by atoms with Gasteiger partial charge in [-0.15, -0.1) is 0 Å². The van der Waals surface area contributed by atoms with E-state index >= 15 is 0 Å². The van der Waals surface area contributed by atoms with Crippen LogP contribution < -0.4 is 11.1 Å². The summed E-state index contributed by atoms with van der Waals surface area (Å²) in [5, 5.41) is 12.8. The molecule has 1 saturated heterocycles. The van der Waals surface area contributed by atoms with Gasteiger partial charge in [-0.05, 0) is 37.1 Å². The minimum absolute atomic E-state index is 0.186. The molecular weight excluding hydrogens is 164 g/mol. The monoisotopic (exact) mass is 178 g/mol. The normalized spacial score (nSPS) is 22.0. The van der Waals surface area contributed by atoms with Crippen molar-refractivity contribution < 1.29 is 5.11 Å². The van der Waals surface area contributed by atoms with E-state index in [2.05, 4.69) is 5.32 Å². The molecule has 0 spiro atoms. The van der Waals surface area contributed by atoms with Gasteiger partial charge in [-0.2, -0.15) is 0 Å². The summed E-state index contributed by atoms with van der Waals surface area (Å²) in [5.41, 5.74) is 7.09. The first kappa shape index (κ1) is 8.38. The molecule has 1 heterocycles. The smallest absolute Gasteiger partial charge is 0.138 e. The second-order valence-corrected chi connectivity index (χ2v) is 3.47. The minimum Gasteiger partial charge on any atom is -0.506 e. The molecule has 1 atom stereocenters. The number of aromatic hydroxyl groups is 1. The zero-order valence-corrected chi connectivity index (χ0v) is 7.46. The van der Waals surface area contributed by atoms with Crippen molar-refractivity contribution in [2.75, 3.05) is 12.3 Å². The van der Waals surface area contributed by atoms with Gasteiger partial charge in [0.1, 0.15) is 5.75 Å². The van der Waals surface area contributed by atoms with Gasteiger partial charge in [0.05, 0.1) is 5.69 Å². The lowest BCUT2D eigenvalue weighted by Crippen LogP contribution is -2.12. The SMILES string of the molecule is Nc1ccc([C@@H]2CCCN2)cc1O. The van der Waals surface area contributed by atoms with Crippen LogP contribution >= 0.6 is 0 Å². The van der Waals surface area contributed by atoms with Crippen molar-refractivity contribution in [3.05, 3.63) is 23.8 Å². The van der Waals surface area contributed by atoms with Crippen molar-refractivity contribution in [1.82, 2.24) is 5.32 Å². The Hall–Kier alpha value is -1.22. The van der Waals surface area contributed by atoms with Crippen LogP contribution in [-0.4, -0.2) is 11.7 Å². The Balaban J connectivity index is 2.25. The largest absolute Gasteiger partial charge is 0.506 e. The lowest BCUT2D eigenvalue weighted by Gasteiger charge is -2.11. The molecule has 4 N–H and O–H groups in total. The van der Waals surface area contributed by atoms with Crippen molar-refractivity contribution in [3.8, 4) is 5.75 Å². The van der Waals surface area contributed by atoms with Gasteiger partial charge >= 0.3 is 0 Å². The Morgan fingerprint density at radius 3 is 2.92 bits per heavy atom. The molecule has 1 aliphatic rings. The second kappa shape index (κ2) is 3.26. The number of nitrogens with two attached hydrogens (primary N) is 1. The Labute approximate surface area is 77.6 Å². The second-order valence-electron chi connectivity index (χ2n) is 3.47. The highest BCUT2D eigenvalue weighted by atomic mass is 16.3. The number of phenolic OH excluding ortho intramolecular Hbond substituents is 1. The maximum absolute atomic E-state index is 9.41. The predicted molar refractivity (Wildman–Crippen MR) is 52.5 cm³/mol. The van der Waals surface area contributed by atoms with Crippen molar-refractivity contribution in [1.29, 1.82) is 0 Å². The Bertz CT molecular complexity index is 306. The number of hydrogen-bond acceptors (Lipinski definition) is 3. The number of benzene rings is 1. The molecular formula is C10H14N2O. The minimum atomic E-state index is 0.186. The number of nitrogens with one attached hydrogen (secondary N) is 1. The maximum Gasteiger partial charge on any atom is 0.138 e. The van der Waals surface area contributed by atoms with Crippen LogP contribution in [0.2, 0.25) is 0 Å². The Morgan fingerprint density at radius 2 is 2.31 bits per heavy atom. The van der Waals surface area contributed by atoms with E-state index in [4.69, 9.17) is 5.73 Å². The first-order chi connectivity index (χ1) is 6.27. The van der Waals surface area contributed by atoms with Crippen molar-refractivity contribution in [2.45, 2.75) is 18.9 Å². The highest BCUT2D eigenvalue weighted by molar-refractivity contribution is 5.53. The van der Waals surface area contributed by atoms with E-state index < -0.39 is 0 Å². The molecule has 1 aromatic carbocycles. The molecule has 3 nitrogen and oxygen atoms in total. The third-order valence-electron chi connectivity index (χ3n) is 2.52. The molecule has 0 radical (unpaired) electrons. The van der Waals surface area contributed by atoms with Gasteiger partial charge in [0.2, 0.25) is 0 Å². The third-order valence-corrected chi connectivity index (χ3v) is 2.52. The van der Waals surface area contributed by atoms with Crippen LogP contribution in [0.4, 0.5) is 5.69 Å². The lowest BCUT2D eigenvalue weighted by molar-refractivity contribution is 0.475.